The lowest BCUT2D eigenvalue weighted by Gasteiger charge is -2.11. The van der Waals surface area contributed by atoms with Gasteiger partial charge in [-0.3, -0.25) is 19.6 Å². The maximum absolute atomic E-state index is 12.8. The van der Waals surface area contributed by atoms with Crippen LogP contribution in [0.5, 0.6) is 0 Å². The number of carbonyl (C=O) groups excluding carboxylic acids is 2. The molecule has 8 nitrogen and oxygen atoms in total. The number of carbonyl (C=O) groups is 2. The quantitative estimate of drug-likeness (QED) is 0.404. The number of nitrogens with two attached hydrogens (primary N) is 2. The highest BCUT2D eigenvalue weighted by Crippen LogP contribution is 2.22. The summed E-state index contributed by atoms with van der Waals surface area (Å²) in [5, 5.41) is 4.36. The van der Waals surface area contributed by atoms with Crippen LogP contribution >= 0.6 is 11.6 Å². The third-order valence-electron chi connectivity index (χ3n) is 5.26. The minimum Gasteiger partial charge on any atom is -0.383 e. The molecule has 4 rings (SSSR count). The van der Waals surface area contributed by atoms with Crippen molar-refractivity contribution in [3.05, 3.63) is 93.5 Å². The molecule has 3 aromatic heterocycles. The van der Waals surface area contributed by atoms with Crippen LogP contribution in [0.4, 0.5) is 5.82 Å². The van der Waals surface area contributed by atoms with E-state index in [9.17, 15) is 9.59 Å². The van der Waals surface area contributed by atoms with Crippen LogP contribution in [0.3, 0.4) is 0 Å². The number of aromatic nitrogens is 3. The van der Waals surface area contributed by atoms with Crippen molar-refractivity contribution < 1.29 is 9.59 Å². The van der Waals surface area contributed by atoms with E-state index in [2.05, 4.69) is 20.3 Å². The summed E-state index contributed by atoms with van der Waals surface area (Å²) >= 11 is 6.05. The average molecular weight is 461 g/mol. The summed E-state index contributed by atoms with van der Waals surface area (Å²) in [4.78, 5) is 37.3. The molecular formula is C24H21ClN6O2. The van der Waals surface area contributed by atoms with E-state index in [0.717, 1.165) is 22.2 Å². The molecular weight excluding hydrogens is 440 g/mol. The van der Waals surface area contributed by atoms with E-state index in [4.69, 9.17) is 23.1 Å². The summed E-state index contributed by atoms with van der Waals surface area (Å²) in [6, 6.07) is 12.7. The molecule has 33 heavy (non-hydrogen) atoms. The Morgan fingerprint density at radius 1 is 1.09 bits per heavy atom. The summed E-state index contributed by atoms with van der Waals surface area (Å²) in [6.45, 7) is 1.92. The zero-order valence-electron chi connectivity index (χ0n) is 17.8. The van der Waals surface area contributed by atoms with Crippen LogP contribution in [0.25, 0.3) is 10.9 Å². The average Bonchev–Trinajstić information content (AvgIpc) is 2.78. The van der Waals surface area contributed by atoms with Gasteiger partial charge in [0.05, 0.1) is 16.1 Å². The molecule has 0 aliphatic rings. The van der Waals surface area contributed by atoms with Crippen LogP contribution < -0.4 is 16.8 Å². The molecule has 0 bridgehead atoms. The Hall–Kier alpha value is -4.04. The van der Waals surface area contributed by atoms with Crippen molar-refractivity contribution in [3.8, 4) is 0 Å². The molecule has 0 saturated carbocycles. The third-order valence-corrected chi connectivity index (χ3v) is 5.47. The number of pyridine rings is 3. The maximum atomic E-state index is 12.8. The van der Waals surface area contributed by atoms with Gasteiger partial charge >= 0.3 is 0 Å². The van der Waals surface area contributed by atoms with Gasteiger partial charge in [-0.1, -0.05) is 29.8 Å². The Bertz CT molecular complexity index is 1390. The molecule has 0 spiro atoms. The first kappa shape index (κ1) is 22.2. The van der Waals surface area contributed by atoms with Crippen molar-refractivity contribution in [1.29, 1.82) is 0 Å². The Morgan fingerprint density at radius 2 is 1.91 bits per heavy atom. The Balaban J connectivity index is 1.51. The number of nitrogens with zero attached hydrogens (tertiary/aromatic N) is 3. The zero-order valence-corrected chi connectivity index (χ0v) is 18.6. The molecule has 4 aromatic rings. The Morgan fingerprint density at radius 3 is 2.70 bits per heavy atom. The number of hydrogen-bond acceptors (Lipinski definition) is 6. The molecule has 0 aliphatic heterocycles. The van der Waals surface area contributed by atoms with Gasteiger partial charge in [-0.05, 0) is 42.3 Å². The lowest BCUT2D eigenvalue weighted by atomic mass is 10.0. The van der Waals surface area contributed by atoms with Crippen LogP contribution in [0.1, 0.15) is 43.2 Å². The number of nitrogen functional groups attached to an aromatic ring is 1. The van der Waals surface area contributed by atoms with E-state index in [1.54, 1.807) is 37.5 Å². The van der Waals surface area contributed by atoms with Gasteiger partial charge in [-0.15, -0.1) is 0 Å². The number of halogens is 1. The fourth-order valence-corrected chi connectivity index (χ4v) is 3.74. The first-order valence-electron chi connectivity index (χ1n) is 10.1. The number of benzene rings is 1. The van der Waals surface area contributed by atoms with Gasteiger partial charge in [0.1, 0.15) is 5.82 Å². The summed E-state index contributed by atoms with van der Waals surface area (Å²) in [5.41, 5.74) is 15.5. The molecule has 166 valence electrons. The predicted octanol–water partition coefficient (Wildman–Crippen LogP) is 3.19. The van der Waals surface area contributed by atoms with Crippen LogP contribution in [-0.2, 0) is 13.0 Å². The highest BCUT2D eigenvalue weighted by atomic mass is 35.5. The number of para-hydroxylation sites is 1. The number of nitrogens with one attached hydrogen (secondary N) is 1. The summed E-state index contributed by atoms with van der Waals surface area (Å²) < 4.78 is 0. The van der Waals surface area contributed by atoms with Crippen LogP contribution in [0, 0.1) is 6.92 Å². The number of aryl methyl sites for hydroxylation is 1. The second-order valence-corrected chi connectivity index (χ2v) is 8.00. The summed E-state index contributed by atoms with van der Waals surface area (Å²) in [7, 11) is 0. The monoisotopic (exact) mass is 460 g/mol. The predicted molar refractivity (Wildman–Crippen MR) is 127 cm³/mol. The third kappa shape index (κ3) is 4.91. The highest BCUT2D eigenvalue weighted by Gasteiger charge is 2.14. The molecule has 3 heterocycles. The van der Waals surface area contributed by atoms with Crippen molar-refractivity contribution in [2.75, 3.05) is 5.73 Å². The standard InChI is InChI=1S/C24H21ClN6O2/c1-13-17(10-20(23(27)32)22(26)31-13)11-30-24(33)16-5-6-28-19(9-16)8-15-4-2-3-14-7-18(25)12-29-21(14)15/h2-7,9-10,12H,8,11H2,1H3,(H2,26,31)(H2,27,32)(H,30,33). The normalized spacial score (nSPS) is 10.8. The van der Waals surface area contributed by atoms with Crippen molar-refractivity contribution in [3.63, 3.8) is 0 Å². The number of primary amides is 1. The second kappa shape index (κ2) is 9.22. The number of amides is 2. The van der Waals surface area contributed by atoms with Crippen molar-refractivity contribution in [2.24, 2.45) is 5.73 Å². The van der Waals surface area contributed by atoms with Crippen LogP contribution in [0.15, 0.2) is 54.9 Å². The number of anilines is 1. The maximum Gasteiger partial charge on any atom is 0.252 e. The molecule has 1 aromatic carbocycles. The van der Waals surface area contributed by atoms with Crippen molar-refractivity contribution >= 4 is 40.1 Å². The van der Waals surface area contributed by atoms with Gasteiger partial charge in [-0.25, -0.2) is 4.98 Å². The van der Waals surface area contributed by atoms with Gasteiger partial charge in [0.15, 0.2) is 0 Å². The van der Waals surface area contributed by atoms with E-state index in [1.165, 1.54) is 0 Å². The van der Waals surface area contributed by atoms with Crippen molar-refractivity contribution in [2.45, 2.75) is 19.9 Å². The molecule has 0 aliphatic carbocycles. The minimum absolute atomic E-state index is 0.0686. The van der Waals surface area contributed by atoms with E-state index >= 15 is 0 Å². The molecule has 0 radical (unpaired) electrons. The molecule has 0 atom stereocenters. The number of fused-ring (bicyclic) bond motifs is 1. The first-order chi connectivity index (χ1) is 15.8. The zero-order chi connectivity index (χ0) is 23.5. The fraction of sp³-hybridized carbons (Fsp3) is 0.125. The molecule has 0 saturated heterocycles. The van der Waals surface area contributed by atoms with E-state index in [0.29, 0.717) is 28.3 Å². The topological polar surface area (TPSA) is 137 Å². The lowest BCUT2D eigenvalue weighted by Crippen LogP contribution is -2.24. The van der Waals surface area contributed by atoms with Crippen molar-refractivity contribution in [1.82, 2.24) is 20.3 Å². The Labute approximate surface area is 195 Å². The first-order valence-corrected chi connectivity index (χ1v) is 10.5. The van der Waals surface area contributed by atoms with Crippen LogP contribution in [0.2, 0.25) is 5.02 Å². The van der Waals surface area contributed by atoms with Gasteiger partial charge in [0, 0.05) is 47.7 Å². The molecule has 0 unspecified atom stereocenters. The summed E-state index contributed by atoms with van der Waals surface area (Å²) in [5.74, 6) is -0.881. The largest absolute Gasteiger partial charge is 0.383 e. The SMILES string of the molecule is Cc1nc(N)c(C(N)=O)cc1CNC(=O)c1ccnc(Cc2cccc3cc(Cl)cnc23)c1. The summed E-state index contributed by atoms with van der Waals surface area (Å²) in [6.07, 6.45) is 3.72. The molecule has 5 N–H and O–H groups in total. The lowest BCUT2D eigenvalue weighted by molar-refractivity contribution is 0.0950. The smallest absolute Gasteiger partial charge is 0.252 e. The highest BCUT2D eigenvalue weighted by molar-refractivity contribution is 6.31. The van der Waals surface area contributed by atoms with E-state index in [1.807, 2.05) is 24.3 Å². The Kier molecular flexibility index (Phi) is 6.19. The van der Waals surface area contributed by atoms with E-state index < -0.39 is 5.91 Å². The molecule has 0 fully saturated rings. The van der Waals surface area contributed by atoms with Gasteiger partial charge < -0.3 is 16.8 Å². The van der Waals surface area contributed by atoms with E-state index in [-0.39, 0.29) is 23.8 Å². The fourth-order valence-electron chi connectivity index (χ4n) is 3.57. The van der Waals surface area contributed by atoms with Gasteiger partial charge in [0.2, 0.25) is 0 Å². The van der Waals surface area contributed by atoms with Gasteiger partial charge in [0.25, 0.3) is 11.8 Å². The number of hydrogen-bond donors (Lipinski definition) is 3. The minimum atomic E-state index is -0.670. The molecule has 2 amide bonds. The molecule has 9 heteroatoms. The van der Waals surface area contributed by atoms with Gasteiger partial charge in [-0.2, -0.15) is 0 Å². The second-order valence-electron chi connectivity index (χ2n) is 7.57. The number of rotatable bonds is 6. The van der Waals surface area contributed by atoms with Crippen LogP contribution in [-0.4, -0.2) is 26.8 Å².